The van der Waals surface area contributed by atoms with E-state index in [2.05, 4.69) is 20.8 Å². The fourth-order valence-corrected chi connectivity index (χ4v) is 9.96. The van der Waals surface area contributed by atoms with Crippen LogP contribution >= 0.6 is 0 Å². The van der Waals surface area contributed by atoms with E-state index in [0.29, 0.717) is 30.4 Å². The van der Waals surface area contributed by atoms with Crippen LogP contribution in [0.25, 0.3) is 0 Å². The number of hydrogen-bond acceptors (Lipinski definition) is 9. The molecule has 0 radical (unpaired) electrons. The maximum absolute atomic E-state index is 13.3. The summed E-state index contributed by atoms with van der Waals surface area (Å²) in [6, 6.07) is 0. The maximum atomic E-state index is 13.3. The fourth-order valence-electron chi connectivity index (χ4n) is 9.96. The lowest BCUT2D eigenvalue weighted by Crippen LogP contribution is -2.68. The van der Waals surface area contributed by atoms with Gasteiger partial charge in [0, 0.05) is 54.6 Å². The minimum absolute atomic E-state index is 0.0412. The number of allylic oxidation sites excluding steroid dienone is 2. The molecule has 3 saturated heterocycles. The zero-order chi connectivity index (χ0) is 30.1. The van der Waals surface area contributed by atoms with Crippen molar-refractivity contribution in [3.8, 4) is 0 Å². The Bertz CT molecular complexity index is 1200. The molecular weight excluding hydrogens is 540 g/mol. The van der Waals surface area contributed by atoms with Crippen LogP contribution in [0, 0.1) is 40.4 Å². The average molecular weight is 587 g/mol. The van der Waals surface area contributed by atoms with E-state index in [9.17, 15) is 14.4 Å². The molecule has 0 amide bonds. The zero-order valence-electron chi connectivity index (χ0n) is 26.0. The van der Waals surface area contributed by atoms with Crippen molar-refractivity contribution in [1.82, 2.24) is 0 Å². The molecule has 0 N–H and O–H groups in total. The van der Waals surface area contributed by atoms with E-state index in [1.54, 1.807) is 19.9 Å². The molecule has 12 atom stereocenters. The number of ether oxygens (including phenoxy) is 6. The largest absolute Gasteiger partial charge is 0.469 e. The van der Waals surface area contributed by atoms with Gasteiger partial charge in [-0.25, -0.2) is 4.79 Å². The zero-order valence-corrected chi connectivity index (χ0v) is 26.0. The molecule has 0 aromatic carbocycles. The average Bonchev–Trinajstić information content (AvgIpc) is 3.73. The molecule has 0 aromatic rings. The van der Waals surface area contributed by atoms with Gasteiger partial charge < -0.3 is 28.4 Å². The Morgan fingerprint density at radius 1 is 1.07 bits per heavy atom. The summed E-state index contributed by atoms with van der Waals surface area (Å²) in [4.78, 5) is 38.8. The summed E-state index contributed by atoms with van der Waals surface area (Å²) in [7, 11) is 1.42. The van der Waals surface area contributed by atoms with Crippen LogP contribution in [0.1, 0.15) is 67.2 Å². The summed E-state index contributed by atoms with van der Waals surface area (Å²) >= 11 is 0. The van der Waals surface area contributed by atoms with Gasteiger partial charge in [0.25, 0.3) is 0 Å². The first-order valence-electron chi connectivity index (χ1n) is 15.6. The van der Waals surface area contributed by atoms with Crippen molar-refractivity contribution in [3.05, 3.63) is 22.8 Å². The van der Waals surface area contributed by atoms with Gasteiger partial charge in [0.1, 0.15) is 12.2 Å². The van der Waals surface area contributed by atoms with E-state index in [4.69, 9.17) is 28.4 Å². The van der Waals surface area contributed by atoms with Gasteiger partial charge in [-0.15, -0.1) is 0 Å². The van der Waals surface area contributed by atoms with Gasteiger partial charge in [-0.3, -0.25) is 9.59 Å². The van der Waals surface area contributed by atoms with Gasteiger partial charge in [-0.2, -0.15) is 0 Å². The van der Waals surface area contributed by atoms with Crippen molar-refractivity contribution in [2.45, 2.75) is 97.7 Å². The summed E-state index contributed by atoms with van der Waals surface area (Å²) < 4.78 is 37.0. The molecule has 5 fully saturated rings. The molecule has 5 unspecified atom stereocenters. The van der Waals surface area contributed by atoms with Crippen molar-refractivity contribution >= 4 is 17.9 Å². The van der Waals surface area contributed by atoms with Crippen LogP contribution in [0.3, 0.4) is 0 Å². The SMILES string of the molecule is C/C=C(\C)C(=O)O[C@H]1C[C@@H](OC(C)=O)[C@@]2(C)COC3C2[C@@]1(C)[C@@H](CC(=O)OC)C1C2=C(C)C(C4CCOC4)C[C@H]2O[C@H]31. The van der Waals surface area contributed by atoms with E-state index in [1.807, 2.05) is 0 Å². The van der Waals surface area contributed by atoms with Gasteiger partial charge in [-0.05, 0) is 56.9 Å². The first-order valence-corrected chi connectivity index (χ1v) is 15.6. The van der Waals surface area contributed by atoms with Crippen molar-refractivity contribution in [2.75, 3.05) is 26.9 Å². The lowest BCUT2D eigenvalue weighted by atomic mass is 9.43. The summed E-state index contributed by atoms with van der Waals surface area (Å²) in [6.07, 6.45) is 2.50. The Morgan fingerprint density at radius 2 is 1.83 bits per heavy atom. The molecule has 9 heteroatoms. The number of hydrogen-bond donors (Lipinski definition) is 0. The number of fused-ring (bicyclic) bond motifs is 4. The molecule has 6 rings (SSSR count). The Hall–Kier alpha value is -2.23. The predicted molar refractivity (Wildman–Crippen MR) is 151 cm³/mol. The van der Waals surface area contributed by atoms with Crippen LogP contribution in [0.2, 0.25) is 0 Å². The Morgan fingerprint density at radius 3 is 2.48 bits per heavy atom. The first kappa shape index (κ1) is 29.8. The molecule has 6 aliphatic rings. The van der Waals surface area contributed by atoms with E-state index in [0.717, 1.165) is 26.1 Å². The van der Waals surface area contributed by atoms with E-state index in [1.165, 1.54) is 25.2 Å². The lowest BCUT2D eigenvalue weighted by molar-refractivity contribution is -0.236. The molecule has 3 aliphatic heterocycles. The van der Waals surface area contributed by atoms with E-state index in [-0.39, 0.29) is 54.4 Å². The third-order valence-electron chi connectivity index (χ3n) is 12.0. The smallest absolute Gasteiger partial charge is 0.333 e. The summed E-state index contributed by atoms with van der Waals surface area (Å²) in [6.45, 7) is 13.4. The quantitative estimate of drug-likeness (QED) is 0.196. The standard InChI is InChI=1S/C33H46O9/c1-8-16(2)31(36)42-24-13-23(40-18(4)34)32(5)15-39-29-28-27(21(12-25(35)37-7)33(24,6)30(29)32)26-17(3)20(11-22(26)41-28)19-9-10-38-14-19/h8,19-24,27-30H,9-15H2,1-7H3/b16-8+/t19?,20?,21-,22+,23+,24-,27?,28-,29?,30?,32+,33-/m0/s1. The van der Waals surface area contributed by atoms with Gasteiger partial charge in [-0.1, -0.05) is 25.5 Å². The van der Waals surface area contributed by atoms with E-state index >= 15 is 0 Å². The highest BCUT2D eigenvalue weighted by Crippen LogP contribution is 2.70. The van der Waals surface area contributed by atoms with Gasteiger partial charge in [0.2, 0.25) is 0 Å². The summed E-state index contributed by atoms with van der Waals surface area (Å²) in [5.41, 5.74) is 1.93. The minimum Gasteiger partial charge on any atom is -0.469 e. The molecule has 232 valence electrons. The number of carbonyl (C=O) groups is 3. The number of rotatable bonds is 6. The highest BCUT2D eigenvalue weighted by molar-refractivity contribution is 5.87. The minimum atomic E-state index is -0.675. The normalized spacial score (nSPS) is 45.7. The van der Waals surface area contributed by atoms with E-state index < -0.39 is 29.0 Å². The fraction of sp³-hybridized carbons (Fsp3) is 0.788. The maximum Gasteiger partial charge on any atom is 0.333 e. The van der Waals surface area contributed by atoms with Crippen LogP contribution in [0.15, 0.2) is 22.8 Å². The van der Waals surface area contributed by atoms with Gasteiger partial charge >= 0.3 is 17.9 Å². The first-order chi connectivity index (χ1) is 19.9. The van der Waals surface area contributed by atoms with Crippen molar-refractivity contribution in [2.24, 2.45) is 40.4 Å². The molecule has 0 bridgehead atoms. The van der Waals surface area contributed by atoms with Gasteiger partial charge in [0.05, 0.1) is 38.6 Å². The van der Waals surface area contributed by atoms with Crippen molar-refractivity contribution in [3.63, 3.8) is 0 Å². The molecule has 9 nitrogen and oxygen atoms in total. The van der Waals surface area contributed by atoms with Crippen LogP contribution in [-0.2, 0) is 42.8 Å². The second kappa shape index (κ2) is 10.7. The Kier molecular flexibility index (Phi) is 7.62. The summed E-state index contributed by atoms with van der Waals surface area (Å²) in [5, 5.41) is 0. The number of esters is 3. The molecule has 3 heterocycles. The second-order valence-electron chi connectivity index (χ2n) is 13.9. The van der Waals surface area contributed by atoms with Gasteiger partial charge in [0.15, 0.2) is 0 Å². The number of carbonyl (C=O) groups excluding carboxylic acids is 3. The monoisotopic (exact) mass is 586 g/mol. The van der Waals surface area contributed by atoms with Crippen LogP contribution in [-0.4, -0.2) is 75.4 Å². The predicted octanol–water partition coefficient (Wildman–Crippen LogP) is 4.18. The molecular formula is C33H46O9. The molecule has 3 aliphatic carbocycles. The second-order valence-corrected chi connectivity index (χ2v) is 13.9. The van der Waals surface area contributed by atoms with Crippen LogP contribution in [0.4, 0.5) is 0 Å². The Labute approximate surface area is 248 Å². The molecule has 0 spiro atoms. The molecule has 2 saturated carbocycles. The highest BCUT2D eigenvalue weighted by Gasteiger charge is 2.75. The third-order valence-corrected chi connectivity index (χ3v) is 12.0. The van der Waals surface area contributed by atoms with Crippen molar-refractivity contribution < 1.29 is 42.8 Å². The lowest BCUT2D eigenvalue weighted by Gasteiger charge is -2.62. The molecule has 42 heavy (non-hydrogen) atoms. The van der Waals surface area contributed by atoms with Crippen LogP contribution < -0.4 is 0 Å². The Balaban J connectivity index is 1.49. The van der Waals surface area contributed by atoms with Crippen molar-refractivity contribution in [1.29, 1.82) is 0 Å². The number of methoxy groups -OCH3 is 1. The summed E-state index contributed by atoms with van der Waals surface area (Å²) in [5.74, 6) is -0.703. The molecule has 0 aromatic heterocycles. The topological polar surface area (TPSA) is 107 Å². The third kappa shape index (κ3) is 4.32. The highest BCUT2D eigenvalue weighted by atomic mass is 16.6. The van der Waals surface area contributed by atoms with Crippen LogP contribution in [0.5, 0.6) is 0 Å².